The summed E-state index contributed by atoms with van der Waals surface area (Å²) in [6.07, 6.45) is 4.59. The third kappa shape index (κ3) is 4.84. The maximum Gasteiger partial charge on any atom is 0.253 e. The van der Waals surface area contributed by atoms with Crippen molar-refractivity contribution in [3.63, 3.8) is 0 Å². The maximum atomic E-state index is 13.0. The first-order valence-electron chi connectivity index (χ1n) is 9.42. The van der Waals surface area contributed by atoms with Gasteiger partial charge in [-0.05, 0) is 43.9 Å². The van der Waals surface area contributed by atoms with Gasteiger partial charge in [0.2, 0.25) is 10.0 Å². The van der Waals surface area contributed by atoms with Gasteiger partial charge in [0, 0.05) is 31.7 Å². The summed E-state index contributed by atoms with van der Waals surface area (Å²) in [4.78, 5) is 14.6. The van der Waals surface area contributed by atoms with Crippen molar-refractivity contribution < 1.29 is 18.3 Å². The van der Waals surface area contributed by atoms with Gasteiger partial charge >= 0.3 is 0 Å². The molecule has 1 amide bonds. The van der Waals surface area contributed by atoms with Crippen molar-refractivity contribution in [3.8, 4) is 0 Å². The molecule has 7 heteroatoms. The topological polar surface area (TPSA) is 77.9 Å². The van der Waals surface area contributed by atoms with E-state index >= 15 is 0 Å². The zero-order valence-corrected chi connectivity index (χ0v) is 16.6. The second-order valence-corrected chi connectivity index (χ2v) is 8.72. The predicted octanol–water partition coefficient (Wildman–Crippen LogP) is 2.40. The first-order valence-corrected chi connectivity index (χ1v) is 10.9. The number of aryl methyl sites for hydroxylation is 1. The quantitative estimate of drug-likeness (QED) is 0.749. The van der Waals surface area contributed by atoms with E-state index < -0.39 is 10.0 Å². The standard InChI is InChI=1S/C19H30N2O4S/c1-3-4-10-20(13-14-22)19(23)17-9-8-16(2)18(15-17)26(24,25)21-11-6-5-7-12-21/h8-9,15,22H,3-7,10-14H2,1-2H3. The number of hydrogen-bond acceptors (Lipinski definition) is 4. The molecule has 26 heavy (non-hydrogen) atoms. The van der Waals surface area contributed by atoms with E-state index in [1.165, 1.54) is 10.4 Å². The van der Waals surface area contributed by atoms with Gasteiger partial charge in [0.25, 0.3) is 5.91 Å². The summed E-state index contributed by atoms with van der Waals surface area (Å²) in [7, 11) is -3.59. The Bertz CT molecular complexity index is 712. The van der Waals surface area contributed by atoms with Crippen molar-refractivity contribution in [3.05, 3.63) is 29.3 Å². The number of sulfonamides is 1. The molecule has 1 aliphatic heterocycles. The molecule has 0 atom stereocenters. The van der Waals surface area contributed by atoms with Crippen molar-refractivity contribution in [2.45, 2.75) is 50.8 Å². The van der Waals surface area contributed by atoms with Crippen molar-refractivity contribution in [2.75, 3.05) is 32.8 Å². The van der Waals surface area contributed by atoms with Gasteiger partial charge < -0.3 is 10.0 Å². The van der Waals surface area contributed by atoms with Crippen LogP contribution in [0.5, 0.6) is 0 Å². The molecule has 0 bridgehead atoms. The molecule has 6 nitrogen and oxygen atoms in total. The van der Waals surface area contributed by atoms with Crippen molar-refractivity contribution in [1.29, 1.82) is 0 Å². The number of piperidine rings is 1. The van der Waals surface area contributed by atoms with E-state index in [-0.39, 0.29) is 24.0 Å². The number of aliphatic hydroxyl groups is 1. The smallest absolute Gasteiger partial charge is 0.253 e. The minimum absolute atomic E-state index is 0.111. The molecule has 1 fully saturated rings. The number of nitrogens with zero attached hydrogens (tertiary/aromatic N) is 2. The number of carbonyl (C=O) groups is 1. The van der Waals surface area contributed by atoms with Gasteiger partial charge in [0.15, 0.2) is 0 Å². The molecule has 0 saturated carbocycles. The zero-order chi connectivity index (χ0) is 19.2. The minimum Gasteiger partial charge on any atom is -0.395 e. The Balaban J connectivity index is 2.31. The number of carbonyl (C=O) groups excluding carboxylic acids is 1. The van der Waals surface area contributed by atoms with E-state index in [2.05, 4.69) is 0 Å². The fourth-order valence-electron chi connectivity index (χ4n) is 3.22. The Morgan fingerprint density at radius 2 is 1.88 bits per heavy atom. The first kappa shape index (κ1) is 20.9. The maximum absolute atomic E-state index is 13.0. The van der Waals surface area contributed by atoms with Crippen molar-refractivity contribution >= 4 is 15.9 Å². The molecule has 1 saturated heterocycles. The monoisotopic (exact) mass is 382 g/mol. The fraction of sp³-hybridized carbons (Fsp3) is 0.632. The molecular formula is C19H30N2O4S. The molecule has 146 valence electrons. The van der Waals surface area contributed by atoms with Crippen molar-refractivity contribution in [1.82, 2.24) is 9.21 Å². The Morgan fingerprint density at radius 1 is 1.19 bits per heavy atom. The Labute approximate surface area is 156 Å². The van der Waals surface area contributed by atoms with Crippen LogP contribution < -0.4 is 0 Å². The average Bonchev–Trinajstić information content (AvgIpc) is 2.65. The average molecular weight is 383 g/mol. The van der Waals surface area contributed by atoms with Crippen LogP contribution in [-0.4, -0.2) is 61.4 Å². The van der Waals surface area contributed by atoms with E-state index in [1.807, 2.05) is 6.92 Å². The van der Waals surface area contributed by atoms with E-state index in [0.29, 0.717) is 30.8 Å². The van der Waals surface area contributed by atoms with Gasteiger partial charge in [-0.3, -0.25) is 4.79 Å². The second kappa shape index (κ2) is 9.48. The SMILES string of the molecule is CCCCN(CCO)C(=O)c1ccc(C)c(S(=O)(=O)N2CCCCC2)c1. The summed E-state index contributed by atoms with van der Waals surface area (Å²) >= 11 is 0. The number of unbranched alkanes of at least 4 members (excludes halogenated alkanes) is 1. The molecule has 1 aliphatic rings. The highest BCUT2D eigenvalue weighted by Crippen LogP contribution is 2.25. The lowest BCUT2D eigenvalue weighted by molar-refractivity contribution is 0.0719. The van der Waals surface area contributed by atoms with Crippen LogP contribution in [0.3, 0.4) is 0 Å². The van der Waals surface area contributed by atoms with E-state index in [0.717, 1.165) is 32.1 Å². The van der Waals surface area contributed by atoms with Gasteiger partial charge in [0.05, 0.1) is 11.5 Å². The fourth-order valence-corrected chi connectivity index (χ4v) is 4.99. The van der Waals surface area contributed by atoms with Crippen LogP contribution in [0.4, 0.5) is 0 Å². The molecule has 1 heterocycles. The highest BCUT2D eigenvalue weighted by Gasteiger charge is 2.28. The molecule has 0 spiro atoms. The number of benzene rings is 1. The summed E-state index contributed by atoms with van der Waals surface area (Å²) in [5, 5.41) is 9.23. The highest BCUT2D eigenvalue weighted by molar-refractivity contribution is 7.89. The summed E-state index contributed by atoms with van der Waals surface area (Å²) in [5.74, 6) is -0.234. The lowest BCUT2D eigenvalue weighted by atomic mass is 10.1. The van der Waals surface area contributed by atoms with Crippen LogP contribution in [-0.2, 0) is 10.0 Å². The van der Waals surface area contributed by atoms with Crippen molar-refractivity contribution in [2.24, 2.45) is 0 Å². The molecule has 1 N–H and O–H groups in total. The normalized spacial score (nSPS) is 15.8. The van der Waals surface area contributed by atoms with Crippen LogP contribution in [0.15, 0.2) is 23.1 Å². The van der Waals surface area contributed by atoms with Crippen LogP contribution in [0.2, 0.25) is 0 Å². The Hall–Kier alpha value is -1.44. The summed E-state index contributed by atoms with van der Waals surface area (Å²) < 4.78 is 27.5. The summed E-state index contributed by atoms with van der Waals surface area (Å²) in [6.45, 7) is 5.56. The number of aliphatic hydroxyl groups excluding tert-OH is 1. The van der Waals surface area contributed by atoms with E-state index in [4.69, 9.17) is 0 Å². The molecule has 0 aromatic heterocycles. The minimum atomic E-state index is -3.59. The molecule has 1 aromatic carbocycles. The highest BCUT2D eigenvalue weighted by atomic mass is 32.2. The predicted molar refractivity (Wildman–Crippen MR) is 102 cm³/mol. The molecular weight excluding hydrogens is 352 g/mol. The van der Waals surface area contributed by atoms with Gasteiger partial charge in [-0.15, -0.1) is 0 Å². The van der Waals surface area contributed by atoms with Gasteiger partial charge in [-0.2, -0.15) is 4.31 Å². The lowest BCUT2D eigenvalue weighted by Crippen LogP contribution is -2.36. The summed E-state index contributed by atoms with van der Waals surface area (Å²) in [5.41, 5.74) is 1.00. The summed E-state index contributed by atoms with van der Waals surface area (Å²) in [6, 6.07) is 4.86. The first-order chi connectivity index (χ1) is 12.4. The van der Waals surface area contributed by atoms with Gasteiger partial charge in [-0.1, -0.05) is 25.8 Å². The molecule has 0 aliphatic carbocycles. The van der Waals surface area contributed by atoms with Gasteiger partial charge in [-0.25, -0.2) is 8.42 Å². The second-order valence-electron chi connectivity index (χ2n) is 6.81. The number of rotatable bonds is 8. The number of amides is 1. The van der Waals surface area contributed by atoms with Crippen LogP contribution >= 0.6 is 0 Å². The molecule has 1 aromatic rings. The third-order valence-corrected chi connectivity index (χ3v) is 6.85. The lowest BCUT2D eigenvalue weighted by Gasteiger charge is -2.27. The number of hydrogen-bond donors (Lipinski definition) is 1. The molecule has 2 rings (SSSR count). The van der Waals surface area contributed by atoms with E-state index in [1.54, 1.807) is 24.0 Å². The Morgan fingerprint density at radius 3 is 2.50 bits per heavy atom. The van der Waals surface area contributed by atoms with Crippen LogP contribution in [0.1, 0.15) is 54.9 Å². The zero-order valence-electron chi connectivity index (χ0n) is 15.8. The third-order valence-electron chi connectivity index (χ3n) is 4.81. The van der Waals surface area contributed by atoms with Gasteiger partial charge in [0.1, 0.15) is 0 Å². The Kier molecular flexibility index (Phi) is 7.61. The largest absolute Gasteiger partial charge is 0.395 e. The van der Waals surface area contributed by atoms with E-state index in [9.17, 15) is 18.3 Å². The van der Waals surface area contributed by atoms with Crippen LogP contribution in [0.25, 0.3) is 0 Å². The van der Waals surface area contributed by atoms with Crippen LogP contribution in [0, 0.1) is 6.92 Å². The molecule has 0 unspecified atom stereocenters. The molecule has 0 radical (unpaired) electrons.